The second kappa shape index (κ2) is 13.7. The summed E-state index contributed by atoms with van der Waals surface area (Å²) in [5, 5.41) is 16.6. The normalized spacial score (nSPS) is 15.1. The zero-order valence-corrected chi connectivity index (χ0v) is 17.6. The number of rotatable bonds is 13. The fraction of sp³-hybridized carbons (Fsp3) is 0.750. The maximum Gasteiger partial charge on any atom is 0.326 e. The van der Waals surface area contributed by atoms with Gasteiger partial charge in [0.1, 0.15) is 12.1 Å². The predicted molar refractivity (Wildman–Crippen MR) is 109 cm³/mol. The van der Waals surface area contributed by atoms with E-state index in [1.54, 1.807) is 6.92 Å². The van der Waals surface area contributed by atoms with Gasteiger partial charge < -0.3 is 26.8 Å². The zero-order valence-electron chi connectivity index (χ0n) is 15.9. The van der Waals surface area contributed by atoms with Crippen molar-refractivity contribution in [3.05, 3.63) is 0 Å². The molecule has 0 saturated heterocycles. The Kier molecular flexibility index (Phi) is 12.9. The molecule has 27 heavy (non-hydrogen) atoms. The topological polar surface area (TPSA) is 151 Å². The number of carboxylic acids is 1. The Morgan fingerprint density at radius 2 is 1.81 bits per heavy atom. The Labute approximate surface area is 169 Å². The molecule has 0 heterocycles. The number of amides is 3. The number of thiol groups is 1. The van der Waals surface area contributed by atoms with Crippen LogP contribution in [0, 0.1) is 5.92 Å². The number of carboxylic acid groups (broad SMARTS) is 1. The second-order valence-corrected chi connectivity index (χ2v) is 7.47. The summed E-state index contributed by atoms with van der Waals surface area (Å²) in [4.78, 5) is 47.4. The number of aliphatic carboxylic acids is 1. The summed E-state index contributed by atoms with van der Waals surface area (Å²) in [6.45, 7) is 3.16. The molecule has 4 unspecified atom stereocenters. The molecule has 0 aliphatic heterocycles. The maximum absolute atomic E-state index is 12.3. The van der Waals surface area contributed by atoms with E-state index >= 15 is 0 Å². The van der Waals surface area contributed by atoms with E-state index in [1.807, 2.05) is 13.2 Å². The first-order valence-electron chi connectivity index (χ1n) is 8.63. The molecule has 11 heteroatoms. The zero-order chi connectivity index (χ0) is 21.0. The van der Waals surface area contributed by atoms with Crippen LogP contribution in [-0.2, 0) is 19.2 Å². The minimum atomic E-state index is -1.13. The van der Waals surface area contributed by atoms with Gasteiger partial charge in [-0.25, -0.2) is 4.79 Å². The van der Waals surface area contributed by atoms with Crippen molar-refractivity contribution in [3.63, 3.8) is 0 Å². The molecule has 0 rings (SSSR count). The Hall–Kier alpha value is -1.46. The van der Waals surface area contributed by atoms with Crippen LogP contribution in [0.25, 0.3) is 0 Å². The van der Waals surface area contributed by atoms with Gasteiger partial charge in [0.15, 0.2) is 0 Å². The third-order valence-corrected chi connectivity index (χ3v) is 5.03. The Bertz CT molecular complexity index is 521. The van der Waals surface area contributed by atoms with Crippen molar-refractivity contribution < 1.29 is 24.3 Å². The Morgan fingerprint density at radius 1 is 1.19 bits per heavy atom. The summed E-state index contributed by atoms with van der Waals surface area (Å²) in [7, 11) is 0. The highest BCUT2D eigenvalue weighted by Crippen LogP contribution is 2.07. The number of carbonyl (C=O) groups excluding carboxylic acids is 3. The first-order chi connectivity index (χ1) is 12.7. The minimum absolute atomic E-state index is 0.136. The summed E-state index contributed by atoms with van der Waals surface area (Å²) in [5.41, 5.74) is 5.60. The van der Waals surface area contributed by atoms with Gasteiger partial charge >= 0.3 is 5.97 Å². The molecule has 0 radical (unpaired) electrons. The first-order valence-corrected chi connectivity index (χ1v) is 10.7. The lowest BCUT2D eigenvalue weighted by molar-refractivity contribution is -0.143. The lowest BCUT2D eigenvalue weighted by atomic mass is 9.99. The molecule has 0 spiro atoms. The number of carbonyl (C=O) groups is 4. The van der Waals surface area contributed by atoms with Gasteiger partial charge in [-0.3, -0.25) is 14.4 Å². The summed E-state index contributed by atoms with van der Waals surface area (Å²) >= 11 is 5.46. The van der Waals surface area contributed by atoms with Crippen LogP contribution in [0.4, 0.5) is 0 Å². The number of nitrogens with one attached hydrogen (secondary N) is 3. The standard InChI is InChI=1S/C16H30N4O5S2/c1-4-9(2)13(16(24)25)20-12(21)7-18-15(23)11(5-6-27-3)19-14(22)10(17)8-26/h9-11,13,26H,4-8,17H2,1-3H3,(H,18,23)(H,19,22)(H,20,21)(H,24,25). The summed E-state index contributed by atoms with van der Waals surface area (Å²) < 4.78 is 0. The highest BCUT2D eigenvalue weighted by atomic mass is 32.2. The molecule has 0 saturated carbocycles. The smallest absolute Gasteiger partial charge is 0.326 e. The molecule has 0 aromatic heterocycles. The van der Waals surface area contributed by atoms with Crippen LogP contribution in [-0.4, -0.2) is 71.2 Å². The molecule has 0 aliphatic carbocycles. The van der Waals surface area contributed by atoms with Crippen LogP contribution in [0.15, 0.2) is 0 Å². The lowest BCUT2D eigenvalue weighted by Crippen LogP contribution is -2.54. The summed E-state index contributed by atoms with van der Waals surface area (Å²) in [6.07, 6.45) is 2.81. The van der Waals surface area contributed by atoms with Crippen molar-refractivity contribution >= 4 is 48.1 Å². The van der Waals surface area contributed by atoms with Crippen molar-refractivity contribution in [2.45, 2.75) is 44.8 Å². The van der Waals surface area contributed by atoms with Crippen LogP contribution in [0.2, 0.25) is 0 Å². The van der Waals surface area contributed by atoms with E-state index in [4.69, 9.17) is 5.73 Å². The quantitative estimate of drug-likeness (QED) is 0.213. The molecule has 0 aromatic carbocycles. The van der Waals surface area contributed by atoms with Gasteiger partial charge in [0.05, 0.1) is 12.6 Å². The molecule has 156 valence electrons. The average molecular weight is 423 g/mol. The fourth-order valence-corrected chi connectivity index (χ4v) is 2.70. The lowest BCUT2D eigenvalue weighted by Gasteiger charge is -2.22. The number of hydrogen-bond donors (Lipinski definition) is 6. The molecule has 4 atom stereocenters. The van der Waals surface area contributed by atoms with Gasteiger partial charge in [0.25, 0.3) is 0 Å². The number of thioether (sulfide) groups is 1. The first kappa shape index (κ1) is 25.5. The van der Waals surface area contributed by atoms with Gasteiger partial charge in [0.2, 0.25) is 17.7 Å². The van der Waals surface area contributed by atoms with E-state index in [1.165, 1.54) is 11.8 Å². The second-order valence-electron chi connectivity index (χ2n) is 6.12. The molecule has 9 nitrogen and oxygen atoms in total. The van der Waals surface area contributed by atoms with Gasteiger partial charge in [-0.1, -0.05) is 20.3 Å². The fourth-order valence-electron chi connectivity index (χ4n) is 2.06. The molecular weight excluding hydrogens is 392 g/mol. The Balaban J connectivity index is 4.75. The highest BCUT2D eigenvalue weighted by Gasteiger charge is 2.26. The predicted octanol–water partition coefficient (Wildman–Crippen LogP) is -0.787. The van der Waals surface area contributed by atoms with Gasteiger partial charge in [-0.15, -0.1) is 0 Å². The van der Waals surface area contributed by atoms with E-state index in [9.17, 15) is 24.3 Å². The molecule has 0 aliphatic rings. The molecular formula is C16H30N4O5S2. The van der Waals surface area contributed by atoms with Crippen LogP contribution in [0.3, 0.4) is 0 Å². The third-order valence-electron chi connectivity index (χ3n) is 4.00. The van der Waals surface area contributed by atoms with E-state index in [0.717, 1.165) is 0 Å². The van der Waals surface area contributed by atoms with Crippen molar-refractivity contribution in [1.29, 1.82) is 0 Å². The van der Waals surface area contributed by atoms with Crippen LogP contribution in [0.5, 0.6) is 0 Å². The van der Waals surface area contributed by atoms with Crippen molar-refractivity contribution in [2.24, 2.45) is 11.7 Å². The highest BCUT2D eigenvalue weighted by molar-refractivity contribution is 7.98. The average Bonchev–Trinajstić information content (AvgIpc) is 2.65. The Morgan fingerprint density at radius 3 is 2.30 bits per heavy atom. The van der Waals surface area contributed by atoms with Crippen molar-refractivity contribution in [3.8, 4) is 0 Å². The number of nitrogens with two attached hydrogens (primary N) is 1. The van der Waals surface area contributed by atoms with E-state index in [2.05, 4.69) is 28.6 Å². The SMILES string of the molecule is CCC(C)C(NC(=O)CNC(=O)C(CCSC)NC(=O)C(N)CS)C(=O)O. The molecule has 0 fully saturated rings. The monoisotopic (exact) mass is 422 g/mol. The summed E-state index contributed by atoms with van der Waals surface area (Å²) in [5.74, 6) is -2.27. The number of hydrogen-bond acceptors (Lipinski definition) is 7. The molecule has 0 aromatic rings. The largest absolute Gasteiger partial charge is 0.480 e. The van der Waals surface area contributed by atoms with Crippen LogP contribution >= 0.6 is 24.4 Å². The molecule has 3 amide bonds. The van der Waals surface area contributed by atoms with E-state index < -0.39 is 41.8 Å². The molecule has 0 bridgehead atoms. The van der Waals surface area contributed by atoms with Gasteiger partial charge in [-0.2, -0.15) is 24.4 Å². The third kappa shape index (κ3) is 9.87. The maximum atomic E-state index is 12.3. The van der Waals surface area contributed by atoms with Crippen molar-refractivity contribution in [1.82, 2.24) is 16.0 Å². The van der Waals surface area contributed by atoms with Gasteiger partial charge in [-0.05, 0) is 24.3 Å². The summed E-state index contributed by atoms with van der Waals surface area (Å²) in [6, 6.07) is -2.71. The van der Waals surface area contributed by atoms with Crippen molar-refractivity contribution in [2.75, 3.05) is 24.3 Å². The van der Waals surface area contributed by atoms with E-state index in [-0.39, 0.29) is 18.2 Å². The molecule has 6 N–H and O–H groups in total. The van der Waals surface area contributed by atoms with E-state index in [0.29, 0.717) is 18.6 Å². The minimum Gasteiger partial charge on any atom is -0.480 e. The van der Waals surface area contributed by atoms with Crippen LogP contribution in [0.1, 0.15) is 26.7 Å². The van der Waals surface area contributed by atoms with Gasteiger partial charge in [0, 0.05) is 5.75 Å². The van der Waals surface area contributed by atoms with Crippen LogP contribution < -0.4 is 21.7 Å².